The third-order valence-electron chi connectivity index (χ3n) is 3.56. The number of rotatable bonds is 5. The molecular formula is C19H15N3O3S. The van der Waals surface area contributed by atoms with Gasteiger partial charge in [-0.2, -0.15) is 0 Å². The van der Waals surface area contributed by atoms with E-state index in [1.54, 1.807) is 24.3 Å². The number of non-ortho nitro benzene ring substituents is 1. The molecule has 0 atom stereocenters. The van der Waals surface area contributed by atoms with Gasteiger partial charge in [-0.1, -0.05) is 42.5 Å². The molecule has 1 amide bonds. The van der Waals surface area contributed by atoms with Crippen LogP contribution in [-0.4, -0.2) is 27.4 Å². The second-order valence-electron chi connectivity index (χ2n) is 5.40. The molecule has 2 aromatic rings. The topological polar surface area (TPSA) is 75.8 Å². The highest BCUT2D eigenvalue weighted by molar-refractivity contribution is 8.18. The summed E-state index contributed by atoms with van der Waals surface area (Å²) in [6, 6.07) is 15.5. The van der Waals surface area contributed by atoms with Gasteiger partial charge in [0.1, 0.15) is 0 Å². The van der Waals surface area contributed by atoms with Crippen LogP contribution in [0.1, 0.15) is 5.56 Å². The highest BCUT2D eigenvalue weighted by atomic mass is 32.2. The number of amides is 1. The Hall–Kier alpha value is -3.19. The van der Waals surface area contributed by atoms with Crippen LogP contribution in [0.15, 0.2) is 77.1 Å². The first-order valence-electron chi connectivity index (χ1n) is 7.79. The summed E-state index contributed by atoms with van der Waals surface area (Å²) in [7, 11) is 0. The summed E-state index contributed by atoms with van der Waals surface area (Å²) in [4.78, 5) is 29.6. The van der Waals surface area contributed by atoms with Crippen LogP contribution < -0.4 is 0 Å². The first kappa shape index (κ1) is 17.6. The molecule has 1 aliphatic heterocycles. The summed E-state index contributed by atoms with van der Waals surface area (Å²) in [5.74, 6) is -0.164. The van der Waals surface area contributed by atoms with E-state index in [1.807, 2.05) is 30.3 Å². The second-order valence-corrected chi connectivity index (χ2v) is 6.41. The third-order valence-corrected chi connectivity index (χ3v) is 4.57. The van der Waals surface area contributed by atoms with Crippen LogP contribution in [-0.2, 0) is 4.79 Å². The van der Waals surface area contributed by atoms with Crippen molar-refractivity contribution in [2.75, 3.05) is 6.54 Å². The maximum atomic E-state index is 12.7. The normalized spacial score (nSPS) is 17.1. The highest BCUT2D eigenvalue weighted by Gasteiger charge is 2.32. The van der Waals surface area contributed by atoms with Crippen LogP contribution in [0.2, 0.25) is 0 Å². The highest BCUT2D eigenvalue weighted by Crippen LogP contribution is 2.34. The number of nitro benzene ring substituents is 1. The Bertz CT molecular complexity index is 923. The quantitative estimate of drug-likeness (QED) is 0.341. The van der Waals surface area contributed by atoms with Gasteiger partial charge in [-0.05, 0) is 29.5 Å². The molecule has 0 bridgehead atoms. The average molecular weight is 365 g/mol. The predicted molar refractivity (Wildman–Crippen MR) is 104 cm³/mol. The smallest absolute Gasteiger partial charge is 0.271 e. The molecule has 3 rings (SSSR count). The van der Waals surface area contributed by atoms with Crippen molar-refractivity contribution in [3.63, 3.8) is 0 Å². The van der Waals surface area contributed by atoms with Crippen LogP contribution in [0, 0.1) is 10.1 Å². The molecule has 0 radical (unpaired) electrons. The minimum Gasteiger partial charge on any atom is -0.283 e. The summed E-state index contributed by atoms with van der Waals surface area (Å²) in [5, 5.41) is 11.4. The molecule has 130 valence electrons. The fraction of sp³-hybridized carbons (Fsp3) is 0.0526. The maximum absolute atomic E-state index is 12.7. The van der Waals surface area contributed by atoms with Crippen molar-refractivity contribution in [1.29, 1.82) is 0 Å². The molecule has 1 heterocycles. The van der Waals surface area contributed by atoms with E-state index >= 15 is 0 Å². The van der Waals surface area contributed by atoms with E-state index in [1.165, 1.54) is 28.8 Å². The zero-order valence-corrected chi connectivity index (χ0v) is 14.6. The first-order valence-corrected chi connectivity index (χ1v) is 8.60. The first-order chi connectivity index (χ1) is 12.6. The summed E-state index contributed by atoms with van der Waals surface area (Å²) in [6.07, 6.45) is 3.42. The van der Waals surface area contributed by atoms with Gasteiger partial charge in [0, 0.05) is 18.7 Å². The van der Waals surface area contributed by atoms with Crippen molar-refractivity contribution in [3.05, 3.63) is 87.8 Å². The zero-order valence-electron chi connectivity index (χ0n) is 13.7. The van der Waals surface area contributed by atoms with Crippen LogP contribution >= 0.6 is 11.8 Å². The van der Waals surface area contributed by atoms with Crippen molar-refractivity contribution in [2.24, 2.45) is 4.99 Å². The van der Waals surface area contributed by atoms with Crippen LogP contribution in [0.5, 0.6) is 0 Å². The molecule has 1 aliphatic rings. The van der Waals surface area contributed by atoms with E-state index < -0.39 is 4.92 Å². The lowest BCUT2D eigenvalue weighted by Crippen LogP contribution is -2.29. The molecule has 0 aliphatic carbocycles. The van der Waals surface area contributed by atoms with E-state index in [0.717, 1.165) is 5.56 Å². The van der Waals surface area contributed by atoms with Gasteiger partial charge < -0.3 is 0 Å². The SMILES string of the molecule is C=CCN1C(=O)/C(=C/c2ccccc2)SC1=Nc1cccc([N+](=O)[O-])c1. The number of thioether (sulfide) groups is 1. The van der Waals surface area contributed by atoms with E-state index in [2.05, 4.69) is 11.6 Å². The molecule has 7 heteroatoms. The van der Waals surface area contributed by atoms with E-state index in [4.69, 9.17) is 0 Å². The summed E-state index contributed by atoms with van der Waals surface area (Å²) < 4.78 is 0. The van der Waals surface area contributed by atoms with Crippen LogP contribution in [0.4, 0.5) is 11.4 Å². The molecule has 0 aromatic heterocycles. The zero-order chi connectivity index (χ0) is 18.5. The van der Waals surface area contributed by atoms with Crippen molar-refractivity contribution in [1.82, 2.24) is 4.90 Å². The Morgan fingerprint density at radius 3 is 2.65 bits per heavy atom. The Morgan fingerprint density at radius 2 is 1.96 bits per heavy atom. The molecule has 6 nitrogen and oxygen atoms in total. The van der Waals surface area contributed by atoms with Gasteiger partial charge >= 0.3 is 0 Å². The van der Waals surface area contributed by atoms with Gasteiger partial charge in [-0.25, -0.2) is 4.99 Å². The van der Waals surface area contributed by atoms with Crippen molar-refractivity contribution in [3.8, 4) is 0 Å². The number of nitro groups is 1. The molecule has 0 unspecified atom stereocenters. The van der Waals surface area contributed by atoms with E-state index in [-0.39, 0.29) is 11.6 Å². The van der Waals surface area contributed by atoms with Crippen molar-refractivity contribution < 1.29 is 9.72 Å². The molecule has 26 heavy (non-hydrogen) atoms. The third kappa shape index (κ3) is 3.89. The standard InChI is InChI=1S/C19H15N3O3S/c1-2-11-21-18(23)17(12-14-7-4-3-5-8-14)26-19(21)20-15-9-6-10-16(13-15)22(24)25/h2-10,12-13H,1,11H2/b17-12-,20-19?. The van der Waals surface area contributed by atoms with Gasteiger partial charge in [0.2, 0.25) is 0 Å². The predicted octanol–water partition coefficient (Wildman–Crippen LogP) is 4.38. The number of hydrogen-bond donors (Lipinski definition) is 0. The molecule has 2 aromatic carbocycles. The molecule has 0 saturated carbocycles. The van der Waals surface area contributed by atoms with Gasteiger partial charge in [0.15, 0.2) is 5.17 Å². The lowest BCUT2D eigenvalue weighted by molar-refractivity contribution is -0.384. The van der Waals surface area contributed by atoms with Gasteiger partial charge in [-0.15, -0.1) is 6.58 Å². The lowest BCUT2D eigenvalue weighted by Gasteiger charge is -2.12. The largest absolute Gasteiger partial charge is 0.283 e. The fourth-order valence-corrected chi connectivity index (χ4v) is 3.38. The Kier molecular flexibility index (Phi) is 5.28. The number of carbonyl (C=O) groups is 1. The summed E-state index contributed by atoms with van der Waals surface area (Å²) in [5.41, 5.74) is 1.29. The van der Waals surface area contributed by atoms with E-state index in [9.17, 15) is 14.9 Å². The van der Waals surface area contributed by atoms with Gasteiger partial charge in [0.25, 0.3) is 11.6 Å². The average Bonchev–Trinajstić information content (AvgIpc) is 2.92. The second kappa shape index (κ2) is 7.79. The Balaban J connectivity index is 1.96. The van der Waals surface area contributed by atoms with E-state index in [0.29, 0.717) is 22.3 Å². The van der Waals surface area contributed by atoms with Crippen molar-refractivity contribution >= 4 is 40.3 Å². The van der Waals surface area contributed by atoms with Crippen LogP contribution in [0.25, 0.3) is 6.08 Å². The number of hydrogen-bond acceptors (Lipinski definition) is 5. The monoisotopic (exact) mass is 365 g/mol. The maximum Gasteiger partial charge on any atom is 0.271 e. The lowest BCUT2D eigenvalue weighted by atomic mass is 10.2. The van der Waals surface area contributed by atoms with Crippen molar-refractivity contribution in [2.45, 2.75) is 0 Å². The minimum absolute atomic E-state index is 0.0449. The van der Waals surface area contributed by atoms with Gasteiger partial charge in [-0.3, -0.25) is 19.8 Å². The minimum atomic E-state index is -0.473. The number of aliphatic imine (C=N–C) groups is 1. The Labute approximate surface area is 154 Å². The van der Waals surface area contributed by atoms with Gasteiger partial charge in [0.05, 0.1) is 15.5 Å². The molecule has 1 fully saturated rings. The number of amidine groups is 1. The molecular weight excluding hydrogens is 350 g/mol. The fourth-order valence-electron chi connectivity index (χ4n) is 2.37. The molecule has 0 spiro atoms. The number of benzene rings is 2. The number of carbonyl (C=O) groups excluding carboxylic acids is 1. The molecule has 1 saturated heterocycles. The molecule has 0 N–H and O–H groups in total. The van der Waals surface area contributed by atoms with Crippen LogP contribution in [0.3, 0.4) is 0 Å². The Morgan fingerprint density at radius 1 is 1.19 bits per heavy atom. The summed E-state index contributed by atoms with van der Waals surface area (Å²) >= 11 is 1.24. The summed E-state index contributed by atoms with van der Waals surface area (Å²) in [6.45, 7) is 3.99. The number of nitrogens with zero attached hydrogens (tertiary/aromatic N) is 3.